The Kier molecular flexibility index (Phi) is 6.93. The Morgan fingerprint density at radius 2 is 1.79 bits per heavy atom. The van der Waals surface area contributed by atoms with Gasteiger partial charge in [-0.3, -0.25) is 0 Å². The van der Waals surface area contributed by atoms with Gasteiger partial charge in [0.25, 0.3) is 0 Å². The van der Waals surface area contributed by atoms with E-state index in [1.54, 1.807) is 25.3 Å². The Labute approximate surface area is 202 Å². The quantitative estimate of drug-likeness (QED) is 0.230. The summed E-state index contributed by atoms with van der Waals surface area (Å²) in [6.07, 6.45) is 1.60. The topological polar surface area (TPSA) is 84.4 Å². The van der Waals surface area contributed by atoms with Gasteiger partial charge in [-0.2, -0.15) is 0 Å². The largest absolute Gasteiger partial charge is 0.493 e. The number of fused-ring (bicyclic) bond motifs is 1. The third kappa shape index (κ3) is 5.26. The minimum Gasteiger partial charge on any atom is -0.493 e. The van der Waals surface area contributed by atoms with Gasteiger partial charge < -0.3 is 19.6 Å². The first kappa shape index (κ1) is 23.4. The Bertz CT molecular complexity index is 1330. The third-order valence-corrected chi connectivity index (χ3v) is 6.38. The van der Waals surface area contributed by atoms with Crippen molar-refractivity contribution in [1.29, 1.82) is 0 Å². The summed E-state index contributed by atoms with van der Waals surface area (Å²) in [5, 5.41) is 10.3. The minimum atomic E-state index is -1.03. The van der Waals surface area contributed by atoms with Crippen LogP contribution in [0.4, 0.5) is 0 Å². The molecule has 3 aromatic carbocycles. The summed E-state index contributed by atoms with van der Waals surface area (Å²) in [5.41, 5.74) is 7.07. The van der Waals surface area contributed by atoms with Crippen LogP contribution in [0.1, 0.15) is 27.8 Å². The van der Waals surface area contributed by atoms with Gasteiger partial charge in [-0.05, 0) is 85.1 Å². The zero-order valence-electron chi connectivity index (χ0n) is 19.5. The van der Waals surface area contributed by atoms with Gasteiger partial charge in [0.15, 0.2) is 16.7 Å². The van der Waals surface area contributed by atoms with Crippen molar-refractivity contribution in [2.24, 2.45) is 0 Å². The molecule has 6 nitrogen and oxygen atoms in total. The first-order chi connectivity index (χ1) is 16.3. The summed E-state index contributed by atoms with van der Waals surface area (Å²) in [7, 11) is 1.57. The third-order valence-electron chi connectivity index (χ3n) is 5.48. The van der Waals surface area contributed by atoms with Crippen molar-refractivity contribution in [3.63, 3.8) is 0 Å². The Morgan fingerprint density at radius 3 is 2.47 bits per heavy atom. The summed E-state index contributed by atoms with van der Waals surface area (Å²) in [6, 6.07) is 17.2. The second-order valence-electron chi connectivity index (χ2n) is 8.05. The van der Waals surface area contributed by atoms with Crippen molar-refractivity contribution in [2.45, 2.75) is 32.5 Å². The number of hydrogen-bond acceptors (Lipinski definition) is 5. The molecule has 0 saturated heterocycles. The second kappa shape index (κ2) is 10.1. The van der Waals surface area contributed by atoms with E-state index in [2.05, 4.69) is 42.9 Å². The maximum absolute atomic E-state index is 11.9. The number of carboxylic acid groups (broad SMARTS) is 1. The maximum Gasteiger partial charge on any atom is 0.342 e. The van der Waals surface area contributed by atoms with Crippen LogP contribution in [0.5, 0.6) is 11.5 Å². The van der Waals surface area contributed by atoms with E-state index in [9.17, 15) is 9.90 Å². The molecule has 0 saturated carbocycles. The molecule has 2 N–H and O–H groups in total. The molecular formula is C27H26N2O4S. The van der Waals surface area contributed by atoms with E-state index in [0.717, 1.165) is 28.4 Å². The predicted molar refractivity (Wildman–Crippen MR) is 136 cm³/mol. The summed E-state index contributed by atoms with van der Waals surface area (Å²) in [5.74, 6) is 0.102. The maximum atomic E-state index is 11.9. The molecule has 0 fully saturated rings. The molecule has 1 heterocycles. The number of aromatic nitrogens is 2. The van der Waals surface area contributed by atoms with Crippen LogP contribution >= 0.6 is 11.8 Å². The lowest BCUT2D eigenvalue weighted by Crippen LogP contribution is -2.03. The molecule has 0 aliphatic carbocycles. The zero-order chi connectivity index (χ0) is 24.2. The average molecular weight is 475 g/mol. The number of benzene rings is 3. The number of aliphatic carboxylic acids is 1. The van der Waals surface area contributed by atoms with Crippen LogP contribution in [-0.2, 0) is 11.4 Å². The fraction of sp³-hybridized carbons (Fsp3) is 0.185. The summed E-state index contributed by atoms with van der Waals surface area (Å²) in [6.45, 7) is 6.66. The molecule has 7 heteroatoms. The second-order valence-corrected chi connectivity index (χ2v) is 9.08. The highest BCUT2D eigenvalue weighted by Crippen LogP contribution is 2.33. The number of hydrogen-bond donors (Lipinski definition) is 2. The van der Waals surface area contributed by atoms with Crippen LogP contribution in [0.2, 0.25) is 0 Å². The lowest BCUT2D eigenvalue weighted by Gasteiger charge is -2.15. The number of imidazole rings is 1. The number of aromatic amines is 1. The lowest BCUT2D eigenvalue weighted by molar-refractivity contribution is -0.131. The first-order valence-electron chi connectivity index (χ1n) is 10.8. The number of rotatable bonds is 8. The number of H-pyrrole nitrogens is 1. The van der Waals surface area contributed by atoms with Crippen molar-refractivity contribution in [1.82, 2.24) is 9.97 Å². The monoisotopic (exact) mass is 474 g/mol. The van der Waals surface area contributed by atoms with Gasteiger partial charge in [0, 0.05) is 0 Å². The molecule has 0 aliphatic rings. The van der Waals surface area contributed by atoms with Crippen molar-refractivity contribution >= 4 is 34.8 Å². The summed E-state index contributed by atoms with van der Waals surface area (Å²) in [4.78, 5) is 19.6. The van der Waals surface area contributed by atoms with Gasteiger partial charge in [0.05, 0.1) is 18.1 Å². The normalized spacial score (nSPS) is 11.6. The van der Waals surface area contributed by atoms with Gasteiger partial charge >= 0.3 is 5.97 Å². The SMILES string of the molecule is COc1cc(/C=C(\Sc2nc3ccccc3[nH]2)C(=O)O)ccc1OCc1c(C)cc(C)cc1C. The molecule has 1 aromatic heterocycles. The highest BCUT2D eigenvalue weighted by atomic mass is 32.2. The van der Waals surface area contributed by atoms with Crippen LogP contribution in [0, 0.1) is 20.8 Å². The van der Waals surface area contributed by atoms with E-state index in [1.165, 1.54) is 16.7 Å². The van der Waals surface area contributed by atoms with E-state index < -0.39 is 5.97 Å². The van der Waals surface area contributed by atoms with Gasteiger partial charge in [-0.15, -0.1) is 0 Å². The number of para-hydroxylation sites is 2. The fourth-order valence-corrected chi connectivity index (χ4v) is 4.64. The Hall–Kier alpha value is -3.71. The van der Waals surface area contributed by atoms with E-state index in [0.29, 0.717) is 28.8 Å². The van der Waals surface area contributed by atoms with Gasteiger partial charge in [0.2, 0.25) is 0 Å². The van der Waals surface area contributed by atoms with E-state index in [4.69, 9.17) is 9.47 Å². The molecule has 174 valence electrons. The molecule has 0 unspecified atom stereocenters. The number of methoxy groups -OCH3 is 1. The standard InChI is InChI=1S/C27H26N2O4S/c1-16-11-17(2)20(18(3)12-16)15-33-23-10-9-19(13-24(23)32-4)14-25(26(30)31)34-27-28-21-7-5-6-8-22(21)29-27/h5-14H,15H2,1-4H3,(H,28,29)(H,30,31)/b25-14-. The van der Waals surface area contributed by atoms with Crippen LogP contribution in [0.3, 0.4) is 0 Å². The molecular weight excluding hydrogens is 448 g/mol. The first-order valence-corrected chi connectivity index (χ1v) is 11.6. The van der Waals surface area contributed by atoms with Crippen molar-refractivity contribution in [3.05, 3.63) is 87.3 Å². The predicted octanol–water partition coefficient (Wildman–Crippen LogP) is 6.29. The molecule has 34 heavy (non-hydrogen) atoms. The summed E-state index contributed by atoms with van der Waals surface area (Å²) >= 11 is 1.07. The Balaban J connectivity index is 1.56. The highest BCUT2D eigenvalue weighted by Gasteiger charge is 2.14. The number of ether oxygens (including phenoxy) is 2. The number of aryl methyl sites for hydroxylation is 3. The molecule has 0 bridgehead atoms. The molecule has 4 aromatic rings. The van der Waals surface area contributed by atoms with Crippen LogP contribution in [0.15, 0.2) is 64.7 Å². The average Bonchev–Trinajstić information content (AvgIpc) is 3.21. The molecule has 0 radical (unpaired) electrons. The molecule has 0 atom stereocenters. The van der Waals surface area contributed by atoms with Crippen molar-refractivity contribution in [3.8, 4) is 11.5 Å². The fourth-order valence-electron chi connectivity index (χ4n) is 3.85. The number of nitrogens with zero attached hydrogens (tertiary/aromatic N) is 1. The molecule has 4 rings (SSSR count). The van der Waals surface area contributed by atoms with Crippen LogP contribution in [-0.4, -0.2) is 28.2 Å². The van der Waals surface area contributed by atoms with Gasteiger partial charge in [-0.25, -0.2) is 9.78 Å². The smallest absolute Gasteiger partial charge is 0.342 e. The molecule has 0 aliphatic heterocycles. The number of nitrogens with one attached hydrogen (secondary N) is 1. The lowest BCUT2D eigenvalue weighted by atomic mass is 10.0. The van der Waals surface area contributed by atoms with E-state index in [-0.39, 0.29) is 4.91 Å². The minimum absolute atomic E-state index is 0.140. The van der Waals surface area contributed by atoms with Crippen LogP contribution < -0.4 is 9.47 Å². The van der Waals surface area contributed by atoms with E-state index >= 15 is 0 Å². The molecule has 0 amide bonds. The molecule has 0 spiro atoms. The number of carbonyl (C=O) groups is 1. The van der Waals surface area contributed by atoms with Crippen molar-refractivity contribution in [2.75, 3.05) is 7.11 Å². The van der Waals surface area contributed by atoms with E-state index in [1.807, 2.05) is 30.3 Å². The Morgan fingerprint density at radius 1 is 1.06 bits per heavy atom. The number of carboxylic acids is 1. The van der Waals surface area contributed by atoms with Crippen LogP contribution in [0.25, 0.3) is 17.1 Å². The number of thioether (sulfide) groups is 1. The van der Waals surface area contributed by atoms with Crippen molar-refractivity contribution < 1.29 is 19.4 Å². The van der Waals surface area contributed by atoms with Gasteiger partial charge in [-0.1, -0.05) is 35.9 Å². The summed E-state index contributed by atoms with van der Waals surface area (Å²) < 4.78 is 11.6. The van der Waals surface area contributed by atoms with Gasteiger partial charge in [0.1, 0.15) is 11.5 Å². The highest BCUT2D eigenvalue weighted by molar-refractivity contribution is 8.04. The zero-order valence-corrected chi connectivity index (χ0v) is 20.3.